The first kappa shape index (κ1) is 31.0. The Kier molecular flexibility index (Phi) is 6.52. The van der Waals surface area contributed by atoms with Crippen molar-refractivity contribution in [2.24, 2.45) is 0 Å². The summed E-state index contributed by atoms with van der Waals surface area (Å²) in [4.78, 5) is 14.8. The number of hydrogen-bond donors (Lipinski definition) is 0. The van der Waals surface area contributed by atoms with E-state index in [1.807, 2.05) is 36.5 Å². The van der Waals surface area contributed by atoms with Gasteiger partial charge in [-0.05, 0) is 80.4 Å². The SMILES string of the molecule is c1ccc(-c2nc(-c3cccnc3)cc(-c3ccc4c(c3)C3(c5ccccc5-c5ccccc5-4)c4ccccc4-c4c3ccc3c4oc4ccccc43)n2)cc1. The molecule has 0 bridgehead atoms. The van der Waals surface area contributed by atoms with Crippen molar-refractivity contribution in [2.75, 3.05) is 0 Å². The number of benzene rings is 7. The van der Waals surface area contributed by atoms with E-state index < -0.39 is 5.41 Å². The Morgan fingerprint density at radius 1 is 0.411 bits per heavy atom. The van der Waals surface area contributed by atoms with Crippen molar-refractivity contribution in [3.8, 4) is 67.3 Å². The third kappa shape index (κ3) is 4.27. The number of furan rings is 1. The van der Waals surface area contributed by atoms with E-state index in [9.17, 15) is 0 Å². The van der Waals surface area contributed by atoms with E-state index in [1.54, 1.807) is 6.20 Å². The van der Waals surface area contributed by atoms with Crippen LogP contribution in [-0.2, 0) is 5.41 Å². The molecule has 0 aliphatic heterocycles. The molecule has 56 heavy (non-hydrogen) atoms. The van der Waals surface area contributed by atoms with Crippen molar-refractivity contribution in [3.05, 3.63) is 211 Å². The molecular formula is C52H31N3O. The second-order valence-electron chi connectivity index (χ2n) is 14.7. The summed E-state index contributed by atoms with van der Waals surface area (Å²) in [6, 6.07) is 63.0. The van der Waals surface area contributed by atoms with Gasteiger partial charge >= 0.3 is 0 Å². The summed E-state index contributed by atoms with van der Waals surface area (Å²) < 4.78 is 6.84. The molecule has 0 saturated heterocycles. The second kappa shape index (κ2) is 11.8. The van der Waals surface area contributed by atoms with Crippen LogP contribution in [0.4, 0.5) is 0 Å². The highest BCUT2D eigenvalue weighted by atomic mass is 16.3. The van der Waals surface area contributed by atoms with Gasteiger partial charge < -0.3 is 4.42 Å². The molecule has 4 heteroatoms. The van der Waals surface area contributed by atoms with Crippen LogP contribution in [-0.4, -0.2) is 15.0 Å². The fourth-order valence-corrected chi connectivity index (χ4v) is 9.49. The van der Waals surface area contributed by atoms with Crippen molar-refractivity contribution in [3.63, 3.8) is 0 Å². The largest absolute Gasteiger partial charge is 0.455 e. The van der Waals surface area contributed by atoms with Gasteiger partial charge in [-0.3, -0.25) is 4.98 Å². The summed E-state index contributed by atoms with van der Waals surface area (Å²) in [7, 11) is 0. The Morgan fingerprint density at radius 2 is 1.05 bits per heavy atom. The smallest absolute Gasteiger partial charge is 0.160 e. The molecule has 2 aliphatic carbocycles. The maximum Gasteiger partial charge on any atom is 0.160 e. The van der Waals surface area contributed by atoms with Crippen LogP contribution in [0.3, 0.4) is 0 Å². The quantitative estimate of drug-likeness (QED) is 0.183. The van der Waals surface area contributed by atoms with Crippen LogP contribution >= 0.6 is 0 Å². The molecular weight excluding hydrogens is 683 g/mol. The minimum Gasteiger partial charge on any atom is -0.455 e. The normalized spacial score (nSPS) is 14.9. The molecule has 1 atom stereocenters. The Hall–Kier alpha value is -7.43. The Balaban J connectivity index is 1.22. The molecule has 0 radical (unpaired) electrons. The average molecular weight is 714 g/mol. The molecule has 0 saturated carbocycles. The monoisotopic (exact) mass is 713 g/mol. The number of nitrogens with zero attached hydrogens (tertiary/aromatic N) is 3. The highest BCUT2D eigenvalue weighted by Gasteiger charge is 2.50. The summed E-state index contributed by atoms with van der Waals surface area (Å²) in [5.41, 5.74) is 17.8. The zero-order valence-corrected chi connectivity index (χ0v) is 30.1. The van der Waals surface area contributed by atoms with Gasteiger partial charge in [-0.2, -0.15) is 0 Å². The standard InChI is InChI=1S/C52H31N3O/c1-2-13-32(14-3-1)51-54-46(30-47(55-51)34-15-12-28-53-31-34)33-24-25-38-36-17-5-4-16-35(36)37-18-6-9-21-42(37)52(45(38)29-33)43-22-10-7-20-41(43)49-44(52)27-26-40-39-19-8-11-23-48(39)56-50(40)49/h1-31H. The fraction of sp³-hybridized carbons (Fsp3) is 0.0192. The predicted octanol–water partition coefficient (Wildman–Crippen LogP) is 12.8. The van der Waals surface area contributed by atoms with Crippen LogP contribution in [0.15, 0.2) is 193 Å². The molecule has 12 rings (SSSR count). The van der Waals surface area contributed by atoms with E-state index in [0.717, 1.165) is 55.6 Å². The number of fused-ring (bicyclic) bond motifs is 16. The number of rotatable bonds is 3. The molecule has 3 aromatic heterocycles. The Bertz CT molecular complexity index is 3140. The van der Waals surface area contributed by atoms with Crippen LogP contribution in [0.1, 0.15) is 22.3 Å². The molecule has 0 amide bonds. The van der Waals surface area contributed by atoms with E-state index in [-0.39, 0.29) is 0 Å². The Morgan fingerprint density at radius 3 is 1.84 bits per heavy atom. The first-order chi connectivity index (χ1) is 27.8. The fourth-order valence-electron chi connectivity index (χ4n) is 9.49. The van der Waals surface area contributed by atoms with Crippen molar-refractivity contribution in [1.29, 1.82) is 0 Å². The summed E-state index contributed by atoms with van der Waals surface area (Å²) in [6.07, 6.45) is 3.66. The van der Waals surface area contributed by atoms with Crippen molar-refractivity contribution in [2.45, 2.75) is 5.41 Å². The summed E-state index contributed by atoms with van der Waals surface area (Å²) in [5.74, 6) is 0.672. The predicted molar refractivity (Wildman–Crippen MR) is 225 cm³/mol. The van der Waals surface area contributed by atoms with E-state index >= 15 is 0 Å². The highest BCUT2D eigenvalue weighted by molar-refractivity contribution is 6.13. The molecule has 1 unspecified atom stereocenters. The summed E-state index contributed by atoms with van der Waals surface area (Å²) >= 11 is 0. The summed E-state index contributed by atoms with van der Waals surface area (Å²) in [5, 5.41) is 2.25. The minimum atomic E-state index is -0.679. The molecule has 0 N–H and O–H groups in total. The van der Waals surface area contributed by atoms with Gasteiger partial charge in [0.25, 0.3) is 0 Å². The molecule has 7 aromatic carbocycles. The van der Waals surface area contributed by atoms with E-state index in [4.69, 9.17) is 14.4 Å². The number of hydrogen-bond acceptors (Lipinski definition) is 4. The average Bonchev–Trinajstić information content (AvgIpc) is 3.77. The van der Waals surface area contributed by atoms with E-state index in [0.29, 0.717) is 5.82 Å². The number of para-hydroxylation sites is 1. The van der Waals surface area contributed by atoms with Crippen LogP contribution < -0.4 is 0 Å². The number of pyridine rings is 1. The van der Waals surface area contributed by atoms with Crippen molar-refractivity contribution >= 4 is 21.9 Å². The van der Waals surface area contributed by atoms with Crippen LogP contribution in [0.5, 0.6) is 0 Å². The zero-order valence-electron chi connectivity index (χ0n) is 30.1. The third-order valence-electron chi connectivity index (χ3n) is 11.8. The molecule has 1 spiro atoms. The van der Waals surface area contributed by atoms with Gasteiger partial charge in [0.2, 0.25) is 0 Å². The molecule has 2 aliphatic rings. The lowest BCUT2D eigenvalue weighted by Gasteiger charge is -2.35. The van der Waals surface area contributed by atoms with Crippen molar-refractivity contribution in [1.82, 2.24) is 15.0 Å². The van der Waals surface area contributed by atoms with E-state index in [1.165, 1.54) is 50.1 Å². The van der Waals surface area contributed by atoms with E-state index in [2.05, 4.69) is 151 Å². The third-order valence-corrected chi connectivity index (χ3v) is 11.8. The van der Waals surface area contributed by atoms with Gasteiger partial charge in [0.15, 0.2) is 5.82 Å². The lowest BCUT2D eigenvalue weighted by Crippen LogP contribution is -2.29. The molecule has 0 fully saturated rings. The molecule has 4 nitrogen and oxygen atoms in total. The lowest BCUT2D eigenvalue weighted by molar-refractivity contribution is 0.669. The van der Waals surface area contributed by atoms with Gasteiger partial charge in [0.1, 0.15) is 11.2 Å². The van der Waals surface area contributed by atoms with Gasteiger partial charge in [0, 0.05) is 45.4 Å². The van der Waals surface area contributed by atoms with Gasteiger partial charge in [-0.15, -0.1) is 0 Å². The Labute approximate surface area is 323 Å². The first-order valence-corrected chi connectivity index (χ1v) is 19.0. The highest BCUT2D eigenvalue weighted by Crippen LogP contribution is 2.63. The molecule has 260 valence electrons. The molecule has 3 heterocycles. The lowest BCUT2D eigenvalue weighted by atomic mass is 9.65. The van der Waals surface area contributed by atoms with Crippen molar-refractivity contribution < 1.29 is 4.42 Å². The summed E-state index contributed by atoms with van der Waals surface area (Å²) in [6.45, 7) is 0. The van der Waals surface area contributed by atoms with Gasteiger partial charge in [-0.25, -0.2) is 9.97 Å². The van der Waals surface area contributed by atoms with Gasteiger partial charge in [0.05, 0.1) is 16.8 Å². The number of aromatic nitrogens is 3. The minimum absolute atomic E-state index is 0.672. The topological polar surface area (TPSA) is 51.8 Å². The van der Waals surface area contributed by atoms with Crippen LogP contribution in [0.2, 0.25) is 0 Å². The van der Waals surface area contributed by atoms with Crippen LogP contribution in [0.25, 0.3) is 89.2 Å². The molecule has 10 aromatic rings. The first-order valence-electron chi connectivity index (χ1n) is 19.0. The maximum absolute atomic E-state index is 6.84. The second-order valence-corrected chi connectivity index (χ2v) is 14.7. The van der Waals surface area contributed by atoms with Crippen LogP contribution in [0, 0.1) is 0 Å². The maximum atomic E-state index is 6.84. The van der Waals surface area contributed by atoms with Gasteiger partial charge in [-0.1, -0.05) is 146 Å². The zero-order chi connectivity index (χ0) is 36.8.